The van der Waals surface area contributed by atoms with Gasteiger partial charge in [0.05, 0.1) is 16.1 Å². The van der Waals surface area contributed by atoms with Gasteiger partial charge in [-0.15, -0.1) is 11.3 Å². The molecule has 0 unspecified atom stereocenters. The van der Waals surface area contributed by atoms with Crippen LogP contribution in [0.2, 0.25) is 0 Å². The Kier molecular flexibility index (Phi) is 2.96. The van der Waals surface area contributed by atoms with Crippen LogP contribution in [0.15, 0.2) is 34.1 Å². The molecule has 4 heteroatoms. The second-order valence-corrected chi connectivity index (χ2v) is 5.16. The molecule has 1 heterocycles. The van der Waals surface area contributed by atoms with Crippen molar-refractivity contribution in [1.29, 1.82) is 0 Å². The molecule has 0 amide bonds. The molecule has 0 saturated carbocycles. The lowest BCUT2D eigenvalue weighted by Gasteiger charge is -1.95. The van der Waals surface area contributed by atoms with Gasteiger partial charge in [0.25, 0.3) is 0 Å². The summed E-state index contributed by atoms with van der Waals surface area (Å²) >= 11 is 4.90. The van der Waals surface area contributed by atoms with Crippen LogP contribution in [0, 0.1) is 0 Å². The number of nitrogens with zero attached hydrogens (tertiary/aromatic N) is 1. The molecule has 0 atom stereocenters. The van der Waals surface area contributed by atoms with Gasteiger partial charge in [0.2, 0.25) is 0 Å². The van der Waals surface area contributed by atoms with E-state index in [1.807, 2.05) is 30.3 Å². The van der Waals surface area contributed by atoms with Crippen molar-refractivity contribution in [3.8, 4) is 11.3 Å². The first-order chi connectivity index (χ1) is 6.81. The minimum absolute atomic E-state index is 0.00387. The molecule has 0 aliphatic heterocycles. The molecule has 2 nitrogen and oxygen atoms in total. The van der Waals surface area contributed by atoms with Gasteiger partial charge in [0.15, 0.2) is 0 Å². The van der Waals surface area contributed by atoms with E-state index in [9.17, 15) is 0 Å². The zero-order valence-corrected chi connectivity index (χ0v) is 9.68. The van der Waals surface area contributed by atoms with E-state index in [2.05, 4.69) is 20.9 Å². The highest BCUT2D eigenvalue weighted by atomic mass is 79.9. The first-order valence-corrected chi connectivity index (χ1v) is 5.73. The van der Waals surface area contributed by atoms with E-state index in [0.29, 0.717) is 0 Å². The minimum atomic E-state index is -0.00387. The Morgan fingerprint density at radius 3 is 2.57 bits per heavy atom. The van der Waals surface area contributed by atoms with Crippen LogP contribution < -0.4 is 0 Å². The third-order valence-corrected chi connectivity index (χ3v) is 3.50. The Hall–Kier alpha value is -0.710. The molecule has 0 saturated heterocycles. The summed E-state index contributed by atoms with van der Waals surface area (Å²) in [6.07, 6.45) is 0. The maximum atomic E-state index is 8.95. The van der Waals surface area contributed by atoms with E-state index >= 15 is 0 Å². The fourth-order valence-electron chi connectivity index (χ4n) is 1.18. The SMILES string of the molecule is OCc1nc(-c2ccccc2)c(Br)s1. The third kappa shape index (κ3) is 1.87. The number of benzene rings is 1. The lowest BCUT2D eigenvalue weighted by atomic mass is 10.2. The molecule has 14 heavy (non-hydrogen) atoms. The summed E-state index contributed by atoms with van der Waals surface area (Å²) < 4.78 is 0.966. The molecule has 0 radical (unpaired) electrons. The van der Waals surface area contributed by atoms with E-state index in [4.69, 9.17) is 5.11 Å². The monoisotopic (exact) mass is 269 g/mol. The molecule has 0 aliphatic rings. The van der Waals surface area contributed by atoms with Crippen molar-refractivity contribution in [3.63, 3.8) is 0 Å². The Morgan fingerprint density at radius 1 is 1.29 bits per heavy atom. The fourth-order valence-corrected chi connectivity index (χ4v) is 2.73. The van der Waals surface area contributed by atoms with Crippen LogP contribution in [0.25, 0.3) is 11.3 Å². The Labute approximate surface area is 94.4 Å². The second-order valence-electron chi connectivity index (χ2n) is 2.75. The number of rotatable bonds is 2. The smallest absolute Gasteiger partial charge is 0.120 e. The number of aliphatic hydroxyl groups is 1. The van der Waals surface area contributed by atoms with Gasteiger partial charge in [0.1, 0.15) is 5.01 Å². The van der Waals surface area contributed by atoms with Crippen LogP contribution in [0.4, 0.5) is 0 Å². The summed E-state index contributed by atoms with van der Waals surface area (Å²) in [5.41, 5.74) is 1.97. The molecule has 0 aliphatic carbocycles. The van der Waals surface area contributed by atoms with Gasteiger partial charge in [-0.25, -0.2) is 4.98 Å². The molecule has 1 aromatic carbocycles. The van der Waals surface area contributed by atoms with Gasteiger partial charge in [-0.05, 0) is 15.9 Å². The summed E-state index contributed by atoms with van der Waals surface area (Å²) in [4.78, 5) is 4.32. The molecule has 72 valence electrons. The van der Waals surface area contributed by atoms with Crippen molar-refractivity contribution < 1.29 is 5.11 Å². The number of hydrogen-bond acceptors (Lipinski definition) is 3. The number of hydrogen-bond donors (Lipinski definition) is 1. The molecule has 0 fully saturated rings. The van der Waals surface area contributed by atoms with Crippen molar-refractivity contribution in [2.75, 3.05) is 0 Å². The Bertz CT molecular complexity index is 427. The van der Waals surface area contributed by atoms with Gasteiger partial charge in [-0.3, -0.25) is 0 Å². The normalized spacial score (nSPS) is 10.4. The van der Waals surface area contributed by atoms with Crippen LogP contribution in [0.3, 0.4) is 0 Å². The van der Waals surface area contributed by atoms with E-state index in [-0.39, 0.29) is 6.61 Å². The van der Waals surface area contributed by atoms with Crippen LogP contribution in [-0.2, 0) is 6.61 Å². The van der Waals surface area contributed by atoms with Gasteiger partial charge in [-0.1, -0.05) is 30.3 Å². The van der Waals surface area contributed by atoms with Crippen LogP contribution in [0.1, 0.15) is 5.01 Å². The predicted molar refractivity (Wildman–Crippen MR) is 61.2 cm³/mol. The van der Waals surface area contributed by atoms with Crippen molar-refractivity contribution >= 4 is 27.3 Å². The maximum Gasteiger partial charge on any atom is 0.120 e. The minimum Gasteiger partial charge on any atom is -0.389 e. The molecule has 2 aromatic rings. The Morgan fingerprint density at radius 2 is 2.00 bits per heavy atom. The van der Waals surface area contributed by atoms with E-state index in [0.717, 1.165) is 20.1 Å². The lowest BCUT2D eigenvalue weighted by molar-refractivity contribution is 0.281. The quantitative estimate of drug-likeness (QED) is 0.909. The van der Waals surface area contributed by atoms with Crippen molar-refractivity contribution in [1.82, 2.24) is 4.98 Å². The van der Waals surface area contributed by atoms with E-state index in [1.54, 1.807) is 0 Å². The molecule has 0 spiro atoms. The van der Waals surface area contributed by atoms with Crippen LogP contribution in [0.5, 0.6) is 0 Å². The summed E-state index contributed by atoms with van der Waals surface area (Å²) in [6, 6.07) is 9.91. The van der Waals surface area contributed by atoms with E-state index < -0.39 is 0 Å². The van der Waals surface area contributed by atoms with Crippen LogP contribution >= 0.6 is 27.3 Å². The fraction of sp³-hybridized carbons (Fsp3) is 0.100. The standard InChI is InChI=1S/C10H8BrNOS/c11-10-9(12-8(6-13)14-10)7-4-2-1-3-5-7/h1-5,13H,6H2. The highest BCUT2D eigenvalue weighted by Crippen LogP contribution is 2.32. The average Bonchev–Trinajstić information content (AvgIpc) is 2.61. The van der Waals surface area contributed by atoms with E-state index in [1.165, 1.54) is 11.3 Å². The molecule has 2 rings (SSSR count). The maximum absolute atomic E-state index is 8.95. The lowest BCUT2D eigenvalue weighted by Crippen LogP contribution is -1.81. The summed E-state index contributed by atoms with van der Waals surface area (Å²) in [7, 11) is 0. The summed E-state index contributed by atoms with van der Waals surface area (Å²) in [5, 5.41) is 9.68. The van der Waals surface area contributed by atoms with Gasteiger partial charge >= 0.3 is 0 Å². The van der Waals surface area contributed by atoms with Gasteiger partial charge in [-0.2, -0.15) is 0 Å². The summed E-state index contributed by atoms with van der Waals surface area (Å²) in [6.45, 7) is -0.00387. The average molecular weight is 270 g/mol. The number of aromatic nitrogens is 1. The Balaban J connectivity index is 2.46. The first kappa shape index (κ1) is 9.83. The first-order valence-electron chi connectivity index (χ1n) is 4.12. The largest absolute Gasteiger partial charge is 0.389 e. The molecular weight excluding hydrogens is 262 g/mol. The number of halogens is 1. The van der Waals surface area contributed by atoms with Crippen molar-refractivity contribution in [2.45, 2.75) is 6.61 Å². The molecule has 1 N–H and O–H groups in total. The van der Waals surface area contributed by atoms with Crippen molar-refractivity contribution in [3.05, 3.63) is 39.1 Å². The number of thiazole rings is 1. The predicted octanol–water partition coefficient (Wildman–Crippen LogP) is 3.06. The third-order valence-electron chi connectivity index (χ3n) is 1.81. The van der Waals surface area contributed by atoms with Crippen molar-refractivity contribution in [2.24, 2.45) is 0 Å². The molecule has 0 bridgehead atoms. The van der Waals surface area contributed by atoms with Gasteiger partial charge in [0, 0.05) is 5.56 Å². The topological polar surface area (TPSA) is 33.1 Å². The van der Waals surface area contributed by atoms with Crippen LogP contribution in [-0.4, -0.2) is 10.1 Å². The molecule has 1 aromatic heterocycles. The van der Waals surface area contributed by atoms with Gasteiger partial charge < -0.3 is 5.11 Å². The zero-order chi connectivity index (χ0) is 9.97. The number of aliphatic hydroxyl groups excluding tert-OH is 1. The second kappa shape index (κ2) is 4.21. The highest BCUT2D eigenvalue weighted by molar-refractivity contribution is 9.11. The highest BCUT2D eigenvalue weighted by Gasteiger charge is 2.09. The summed E-state index contributed by atoms with van der Waals surface area (Å²) in [5.74, 6) is 0. The molecular formula is C10H8BrNOS. The zero-order valence-electron chi connectivity index (χ0n) is 7.27.